The van der Waals surface area contributed by atoms with Gasteiger partial charge in [-0.2, -0.15) is 5.10 Å². The van der Waals surface area contributed by atoms with Gasteiger partial charge in [-0.15, -0.1) is 0 Å². The van der Waals surface area contributed by atoms with Crippen LogP contribution in [0.15, 0.2) is 12.4 Å². The average Bonchev–Trinajstić information content (AvgIpc) is 2.72. The Hall–Kier alpha value is -1.56. The number of hydrogen-bond acceptors (Lipinski definition) is 4. The topological polar surface area (TPSA) is 68.2 Å². The Morgan fingerprint density at radius 3 is 2.26 bits per heavy atom. The van der Waals surface area contributed by atoms with Crippen molar-refractivity contribution in [2.24, 2.45) is 0 Å². The van der Waals surface area contributed by atoms with Gasteiger partial charge in [0.15, 0.2) is 0 Å². The lowest BCUT2D eigenvalue weighted by atomic mass is 10.1. The first kappa shape index (κ1) is 19.5. The number of hydrogen-bond donors (Lipinski definition) is 2. The Kier molecular flexibility index (Phi) is 5.85. The maximum Gasteiger partial charge on any atom is 0.408 e. The predicted molar refractivity (Wildman–Crippen MR) is 92.4 cm³/mol. The smallest absolute Gasteiger partial charge is 0.408 e. The Morgan fingerprint density at radius 1 is 1.17 bits per heavy atom. The Balaban J connectivity index is 2.44. The molecule has 0 saturated carbocycles. The Bertz CT molecular complexity index is 521. The highest BCUT2D eigenvalue weighted by atomic mass is 16.6. The van der Waals surface area contributed by atoms with Crippen molar-refractivity contribution < 1.29 is 9.53 Å². The molecule has 0 fully saturated rings. The molecule has 0 spiro atoms. The van der Waals surface area contributed by atoms with Gasteiger partial charge >= 0.3 is 6.09 Å². The zero-order valence-corrected chi connectivity index (χ0v) is 15.8. The third-order valence-electron chi connectivity index (χ3n) is 3.06. The van der Waals surface area contributed by atoms with Crippen LogP contribution < -0.4 is 10.6 Å². The van der Waals surface area contributed by atoms with Gasteiger partial charge in [0.05, 0.1) is 17.3 Å². The van der Waals surface area contributed by atoms with Gasteiger partial charge in [-0.3, -0.25) is 4.68 Å². The van der Waals surface area contributed by atoms with Crippen molar-refractivity contribution in [1.29, 1.82) is 0 Å². The lowest BCUT2D eigenvalue weighted by Gasteiger charge is -2.28. The van der Waals surface area contributed by atoms with Crippen LogP contribution in [0, 0.1) is 0 Å². The number of aromatic nitrogens is 2. The number of ether oxygens (including phenoxy) is 1. The molecule has 0 aliphatic heterocycles. The molecule has 23 heavy (non-hydrogen) atoms. The summed E-state index contributed by atoms with van der Waals surface area (Å²) in [7, 11) is 0. The number of carbonyl (C=O) groups is 1. The molecule has 1 amide bonds. The fraction of sp³-hybridized carbons (Fsp3) is 0.765. The van der Waals surface area contributed by atoms with E-state index in [0.717, 1.165) is 5.56 Å². The Morgan fingerprint density at radius 2 is 1.78 bits per heavy atom. The molecule has 1 heterocycles. The molecule has 0 aromatic carbocycles. The van der Waals surface area contributed by atoms with Crippen LogP contribution in [-0.2, 0) is 16.8 Å². The largest absolute Gasteiger partial charge is 0.444 e. The van der Waals surface area contributed by atoms with Crippen LogP contribution in [0.1, 0.15) is 61.0 Å². The standard InChI is InChI=1S/C17H32N4O2/c1-15(2,3)21-11-13(10-19-21)9-18-12-17(7,8)20-14(22)23-16(4,5)6/h10-11,18H,9,12H2,1-8H3,(H,20,22). The van der Waals surface area contributed by atoms with Gasteiger partial charge < -0.3 is 15.4 Å². The van der Waals surface area contributed by atoms with E-state index in [-0.39, 0.29) is 5.54 Å². The van der Waals surface area contributed by atoms with Crippen molar-refractivity contribution in [2.45, 2.75) is 78.6 Å². The number of rotatable bonds is 5. The molecular formula is C17H32N4O2. The van der Waals surface area contributed by atoms with Gasteiger partial charge in [-0.1, -0.05) is 0 Å². The highest BCUT2D eigenvalue weighted by molar-refractivity contribution is 5.68. The zero-order chi connectivity index (χ0) is 17.9. The summed E-state index contributed by atoms with van der Waals surface area (Å²) in [6, 6.07) is 0. The van der Waals surface area contributed by atoms with Gasteiger partial charge in [0.1, 0.15) is 5.60 Å². The SMILES string of the molecule is CC(C)(CNCc1cnn(C(C)(C)C)c1)NC(=O)OC(C)(C)C. The molecule has 0 aliphatic carbocycles. The van der Waals surface area contributed by atoms with Gasteiger partial charge in [-0.05, 0) is 55.4 Å². The van der Waals surface area contributed by atoms with E-state index in [9.17, 15) is 4.79 Å². The molecule has 1 rings (SSSR count). The zero-order valence-electron chi connectivity index (χ0n) is 15.8. The summed E-state index contributed by atoms with van der Waals surface area (Å²) in [5.41, 5.74) is 0.209. The van der Waals surface area contributed by atoms with E-state index < -0.39 is 17.2 Å². The maximum absolute atomic E-state index is 11.8. The van der Waals surface area contributed by atoms with Crippen LogP contribution in [0.5, 0.6) is 0 Å². The minimum atomic E-state index is -0.491. The fourth-order valence-corrected chi connectivity index (χ4v) is 1.96. The summed E-state index contributed by atoms with van der Waals surface area (Å²) in [6.07, 6.45) is 3.51. The predicted octanol–water partition coefficient (Wildman–Crippen LogP) is 3.03. The minimum absolute atomic E-state index is 0.0181. The number of amides is 1. The van der Waals surface area contributed by atoms with Gasteiger partial charge in [-0.25, -0.2) is 4.79 Å². The van der Waals surface area contributed by atoms with E-state index in [1.54, 1.807) is 0 Å². The molecule has 132 valence electrons. The molecule has 0 aliphatic rings. The summed E-state index contributed by atoms with van der Waals surface area (Å²) in [6.45, 7) is 17.2. The monoisotopic (exact) mass is 324 g/mol. The third kappa shape index (κ3) is 7.50. The van der Waals surface area contributed by atoms with Gasteiger partial charge in [0.2, 0.25) is 0 Å². The van der Waals surface area contributed by atoms with Crippen molar-refractivity contribution in [1.82, 2.24) is 20.4 Å². The van der Waals surface area contributed by atoms with Crippen molar-refractivity contribution in [3.05, 3.63) is 18.0 Å². The number of alkyl carbamates (subject to hydrolysis) is 1. The Labute approximate surface area is 140 Å². The molecule has 0 radical (unpaired) electrons. The van der Waals surface area contributed by atoms with Crippen LogP contribution in [0.4, 0.5) is 4.79 Å². The van der Waals surface area contributed by atoms with E-state index in [4.69, 9.17) is 4.74 Å². The van der Waals surface area contributed by atoms with E-state index in [1.807, 2.05) is 51.7 Å². The van der Waals surface area contributed by atoms with Crippen molar-refractivity contribution in [3.63, 3.8) is 0 Å². The third-order valence-corrected chi connectivity index (χ3v) is 3.06. The summed E-state index contributed by atoms with van der Waals surface area (Å²) in [5.74, 6) is 0. The normalized spacial score (nSPS) is 13.0. The fourth-order valence-electron chi connectivity index (χ4n) is 1.96. The van der Waals surface area contributed by atoms with Crippen LogP contribution in [0.3, 0.4) is 0 Å². The van der Waals surface area contributed by atoms with E-state index in [0.29, 0.717) is 13.1 Å². The second-order valence-corrected chi connectivity index (χ2v) is 8.58. The van der Waals surface area contributed by atoms with E-state index >= 15 is 0 Å². The summed E-state index contributed by atoms with van der Waals surface area (Å²) >= 11 is 0. The number of nitrogens with one attached hydrogen (secondary N) is 2. The average molecular weight is 324 g/mol. The maximum atomic E-state index is 11.8. The van der Waals surface area contributed by atoms with Crippen LogP contribution in [0.2, 0.25) is 0 Å². The van der Waals surface area contributed by atoms with Crippen LogP contribution in [0.25, 0.3) is 0 Å². The molecule has 0 bridgehead atoms. The van der Waals surface area contributed by atoms with Crippen molar-refractivity contribution in [2.75, 3.05) is 6.54 Å². The van der Waals surface area contributed by atoms with Crippen molar-refractivity contribution >= 4 is 6.09 Å². The lowest BCUT2D eigenvalue weighted by molar-refractivity contribution is 0.0472. The second kappa shape index (κ2) is 6.91. The molecule has 1 aromatic rings. The highest BCUT2D eigenvalue weighted by Crippen LogP contribution is 2.13. The van der Waals surface area contributed by atoms with Crippen LogP contribution >= 0.6 is 0 Å². The van der Waals surface area contributed by atoms with Crippen molar-refractivity contribution in [3.8, 4) is 0 Å². The van der Waals surface area contributed by atoms with E-state index in [1.165, 1.54) is 0 Å². The molecule has 0 saturated heterocycles. The quantitative estimate of drug-likeness (QED) is 0.873. The minimum Gasteiger partial charge on any atom is -0.444 e. The highest BCUT2D eigenvalue weighted by Gasteiger charge is 2.24. The molecular weight excluding hydrogens is 292 g/mol. The number of carbonyl (C=O) groups excluding carboxylic acids is 1. The van der Waals surface area contributed by atoms with Crippen LogP contribution in [-0.4, -0.2) is 33.6 Å². The first-order valence-electron chi connectivity index (χ1n) is 8.04. The molecule has 1 aromatic heterocycles. The first-order valence-corrected chi connectivity index (χ1v) is 8.04. The summed E-state index contributed by atoms with van der Waals surface area (Å²) in [4.78, 5) is 11.8. The molecule has 2 N–H and O–H groups in total. The molecule has 6 nitrogen and oxygen atoms in total. The number of nitrogens with zero attached hydrogens (tertiary/aromatic N) is 2. The van der Waals surface area contributed by atoms with Gasteiger partial charge in [0.25, 0.3) is 0 Å². The molecule has 0 atom stereocenters. The summed E-state index contributed by atoms with van der Waals surface area (Å²) < 4.78 is 7.24. The second-order valence-electron chi connectivity index (χ2n) is 8.58. The van der Waals surface area contributed by atoms with E-state index in [2.05, 4.69) is 36.5 Å². The molecule has 6 heteroatoms. The molecule has 0 unspecified atom stereocenters. The summed E-state index contributed by atoms with van der Waals surface area (Å²) in [5, 5.41) is 10.6. The lowest BCUT2D eigenvalue weighted by Crippen LogP contribution is -2.51. The first-order chi connectivity index (χ1) is 10.3. The van der Waals surface area contributed by atoms with Gasteiger partial charge in [0, 0.05) is 24.8 Å².